The van der Waals surface area contributed by atoms with Crippen molar-refractivity contribution in [3.63, 3.8) is 0 Å². The Hall–Kier alpha value is -2.94. The quantitative estimate of drug-likeness (QED) is 0.648. The monoisotopic (exact) mass is 418 g/mol. The molecule has 6 nitrogen and oxygen atoms in total. The van der Waals surface area contributed by atoms with Gasteiger partial charge in [0.2, 0.25) is 0 Å². The number of benzene rings is 1. The van der Waals surface area contributed by atoms with Crippen LogP contribution in [0, 0.1) is 6.92 Å². The van der Waals surface area contributed by atoms with Crippen molar-refractivity contribution in [3.8, 4) is 5.75 Å². The lowest BCUT2D eigenvalue weighted by molar-refractivity contribution is -0.137. The topological polar surface area (TPSA) is 69.2 Å². The molecule has 3 heterocycles. The summed E-state index contributed by atoms with van der Waals surface area (Å²) in [4.78, 5) is 4.45. The zero-order valence-electron chi connectivity index (χ0n) is 16.5. The van der Waals surface area contributed by atoms with Gasteiger partial charge in [-0.15, -0.1) is 5.10 Å². The highest BCUT2D eigenvalue weighted by atomic mass is 19.4. The summed E-state index contributed by atoms with van der Waals surface area (Å²) in [6.07, 6.45) is -1.98. The van der Waals surface area contributed by atoms with Gasteiger partial charge >= 0.3 is 6.18 Å². The van der Waals surface area contributed by atoms with E-state index < -0.39 is 17.8 Å². The molecule has 2 aromatic heterocycles. The third-order valence-corrected chi connectivity index (χ3v) is 5.02. The molecule has 0 bridgehead atoms. The molecule has 9 heteroatoms. The Labute approximate surface area is 171 Å². The molecule has 0 amide bonds. The number of aryl methyl sites for hydroxylation is 1. The van der Waals surface area contributed by atoms with Crippen LogP contribution >= 0.6 is 0 Å². The first-order valence-electron chi connectivity index (χ1n) is 9.62. The van der Waals surface area contributed by atoms with Gasteiger partial charge in [0, 0.05) is 6.42 Å². The van der Waals surface area contributed by atoms with E-state index in [1.54, 1.807) is 26.1 Å². The van der Waals surface area contributed by atoms with Crippen molar-refractivity contribution in [1.82, 2.24) is 15.2 Å². The first-order chi connectivity index (χ1) is 14.3. The van der Waals surface area contributed by atoms with Crippen molar-refractivity contribution >= 4 is 16.7 Å². The molecule has 3 aromatic rings. The molecule has 1 N–H and O–H groups in total. The molecule has 0 saturated carbocycles. The highest BCUT2D eigenvalue weighted by Gasteiger charge is 2.30. The SMILES string of the molecule is Cc1nnc(N[C@H](C)c2cccc(C(F)(F)F)c2)c2cc(O[C@H]3CCOC3)cnc12. The number of hydrogen-bond acceptors (Lipinski definition) is 6. The van der Waals surface area contributed by atoms with Crippen molar-refractivity contribution < 1.29 is 22.6 Å². The van der Waals surface area contributed by atoms with Crippen molar-refractivity contribution in [3.05, 3.63) is 53.3 Å². The molecule has 1 saturated heterocycles. The van der Waals surface area contributed by atoms with Gasteiger partial charge in [0.15, 0.2) is 5.82 Å². The Kier molecular flexibility index (Phi) is 5.46. The predicted octanol–water partition coefficient (Wildman–Crippen LogP) is 4.69. The van der Waals surface area contributed by atoms with E-state index >= 15 is 0 Å². The van der Waals surface area contributed by atoms with Gasteiger partial charge in [-0.2, -0.15) is 18.3 Å². The Bertz CT molecular complexity index is 1050. The van der Waals surface area contributed by atoms with Crippen molar-refractivity contribution in [2.45, 2.75) is 38.6 Å². The Morgan fingerprint density at radius 2 is 2.07 bits per heavy atom. The number of anilines is 1. The second-order valence-electron chi connectivity index (χ2n) is 7.29. The number of fused-ring (bicyclic) bond motifs is 1. The second kappa shape index (κ2) is 8.06. The summed E-state index contributed by atoms with van der Waals surface area (Å²) in [5.41, 5.74) is 1.10. The Balaban J connectivity index is 1.63. The van der Waals surface area contributed by atoms with Crippen LogP contribution in [0.15, 0.2) is 36.5 Å². The van der Waals surface area contributed by atoms with Crippen LogP contribution in [-0.2, 0) is 10.9 Å². The normalized spacial score (nSPS) is 17.8. The van der Waals surface area contributed by atoms with Gasteiger partial charge in [-0.05, 0) is 37.6 Å². The molecule has 0 aliphatic carbocycles. The van der Waals surface area contributed by atoms with Crippen LogP contribution < -0.4 is 10.1 Å². The summed E-state index contributed by atoms with van der Waals surface area (Å²) >= 11 is 0. The van der Waals surface area contributed by atoms with Crippen LogP contribution in [-0.4, -0.2) is 34.5 Å². The second-order valence-corrected chi connectivity index (χ2v) is 7.29. The highest BCUT2D eigenvalue weighted by Crippen LogP contribution is 2.32. The molecule has 30 heavy (non-hydrogen) atoms. The van der Waals surface area contributed by atoms with Gasteiger partial charge in [-0.3, -0.25) is 4.98 Å². The van der Waals surface area contributed by atoms with Gasteiger partial charge < -0.3 is 14.8 Å². The number of rotatable bonds is 5. The third-order valence-electron chi connectivity index (χ3n) is 5.02. The highest BCUT2D eigenvalue weighted by molar-refractivity contribution is 5.91. The minimum Gasteiger partial charge on any atom is -0.486 e. The number of nitrogens with one attached hydrogen (secondary N) is 1. The molecule has 0 radical (unpaired) electrons. The van der Waals surface area contributed by atoms with Crippen LogP contribution in [0.25, 0.3) is 10.9 Å². The average Bonchev–Trinajstić information content (AvgIpc) is 3.22. The third kappa shape index (κ3) is 4.30. The molecule has 1 fully saturated rings. The van der Waals surface area contributed by atoms with Crippen LogP contribution in [0.4, 0.5) is 19.0 Å². The van der Waals surface area contributed by atoms with E-state index in [9.17, 15) is 13.2 Å². The zero-order chi connectivity index (χ0) is 21.3. The maximum Gasteiger partial charge on any atom is 0.416 e. The van der Waals surface area contributed by atoms with Crippen LogP contribution in [0.5, 0.6) is 5.75 Å². The molecule has 4 rings (SSSR count). The fourth-order valence-corrected chi connectivity index (χ4v) is 3.38. The molecule has 0 spiro atoms. The van der Waals surface area contributed by atoms with Crippen molar-refractivity contribution in [2.75, 3.05) is 18.5 Å². The number of alkyl halides is 3. The van der Waals surface area contributed by atoms with Crippen LogP contribution in [0.3, 0.4) is 0 Å². The molecular weight excluding hydrogens is 397 g/mol. The van der Waals surface area contributed by atoms with Gasteiger partial charge in [0.05, 0.1) is 47.6 Å². The van der Waals surface area contributed by atoms with E-state index in [1.807, 2.05) is 6.07 Å². The molecular formula is C21H21F3N4O2. The van der Waals surface area contributed by atoms with E-state index in [0.717, 1.165) is 18.6 Å². The Morgan fingerprint density at radius 1 is 1.23 bits per heavy atom. The number of hydrogen-bond donors (Lipinski definition) is 1. The summed E-state index contributed by atoms with van der Waals surface area (Å²) in [6.45, 7) is 4.76. The first-order valence-corrected chi connectivity index (χ1v) is 9.62. The summed E-state index contributed by atoms with van der Waals surface area (Å²) < 4.78 is 50.4. The number of nitrogens with zero attached hydrogens (tertiary/aromatic N) is 3. The lowest BCUT2D eigenvalue weighted by Crippen LogP contribution is -2.16. The summed E-state index contributed by atoms with van der Waals surface area (Å²) in [7, 11) is 0. The molecule has 1 aliphatic heterocycles. The average molecular weight is 418 g/mol. The van der Waals surface area contributed by atoms with E-state index in [1.165, 1.54) is 6.07 Å². The summed E-state index contributed by atoms with van der Waals surface area (Å²) in [5, 5.41) is 12.2. The fraction of sp³-hybridized carbons (Fsp3) is 0.381. The molecule has 2 atom stereocenters. The molecule has 158 valence electrons. The molecule has 1 aliphatic rings. The number of halogens is 3. The molecule has 0 unspecified atom stereocenters. The predicted molar refractivity (Wildman–Crippen MR) is 105 cm³/mol. The zero-order valence-corrected chi connectivity index (χ0v) is 16.5. The van der Waals surface area contributed by atoms with E-state index in [-0.39, 0.29) is 6.10 Å². The van der Waals surface area contributed by atoms with Crippen molar-refractivity contribution in [1.29, 1.82) is 0 Å². The lowest BCUT2D eigenvalue weighted by Gasteiger charge is -2.18. The van der Waals surface area contributed by atoms with Gasteiger partial charge in [0.25, 0.3) is 0 Å². The maximum absolute atomic E-state index is 13.0. The lowest BCUT2D eigenvalue weighted by atomic mass is 10.0. The van der Waals surface area contributed by atoms with E-state index in [2.05, 4.69) is 20.5 Å². The number of pyridine rings is 1. The van der Waals surface area contributed by atoms with Crippen LogP contribution in [0.1, 0.15) is 36.2 Å². The fourth-order valence-electron chi connectivity index (χ4n) is 3.38. The standard InChI is InChI=1S/C21H21F3N4O2/c1-12(14-4-3-5-15(8-14)21(22,23)24)26-20-18-9-17(30-16-6-7-29-11-16)10-25-19(18)13(2)27-28-20/h3-5,8-10,12,16H,6-7,11H2,1-2H3,(H,26,28)/t12-,16+/m1/s1. The van der Waals surface area contributed by atoms with Gasteiger partial charge in [-0.25, -0.2) is 0 Å². The number of ether oxygens (including phenoxy) is 2. The first kappa shape index (κ1) is 20.3. The molecule has 1 aromatic carbocycles. The summed E-state index contributed by atoms with van der Waals surface area (Å²) in [6, 6.07) is 6.62. The van der Waals surface area contributed by atoms with Crippen molar-refractivity contribution in [2.24, 2.45) is 0 Å². The van der Waals surface area contributed by atoms with E-state index in [0.29, 0.717) is 46.9 Å². The minimum atomic E-state index is -4.40. The van der Waals surface area contributed by atoms with Gasteiger partial charge in [0.1, 0.15) is 11.9 Å². The Morgan fingerprint density at radius 3 is 2.80 bits per heavy atom. The smallest absolute Gasteiger partial charge is 0.416 e. The van der Waals surface area contributed by atoms with E-state index in [4.69, 9.17) is 9.47 Å². The van der Waals surface area contributed by atoms with Gasteiger partial charge in [-0.1, -0.05) is 12.1 Å². The van der Waals surface area contributed by atoms with Crippen LogP contribution in [0.2, 0.25) is 0 Å². The maximum atomic E-state index is 13.0. The number of aromatic nitrogens is 3. The largest absolute Gasteiger partial charge is 0.486 e. The summed E-state index contributed by atoms with van der Waals surface area (Å²) in [5.74, 6) is 1.02. The minimum absolute atomic E-state index is 0.0272.